The molecule has 0 atom stereocenters. The average Bonchev–Trinajstić information content (AvgIpc) is 3.00. The summed E-state index contributed by atoms with van der Waals surface area (Å²) in [4.78, 5) is 26.2. The van der Waals surface area contributed by atoms with E-state index in [1.165, 1.54) is 11.3 Å². The normalized spacial score (nSPS) is 18.1. The highest BCUT2D eigenvalue weighted by molar-refractivity contribution is 5.68. The van der Waals surface area contributed by atoms with Gasteiger partial charge in [-0.3, -0.25) is 0 Å². The quantitative estimate of drug-likeness (QED) is 0.769. The van der Waals surface area contributed by atoms with Crippen LogP contribution in [0.5, 0.6) is 0 Å². The van der Waals surface area contributed by atoms with Crippen molar-refractivity contribution in [1.29, 1.82) is 0 Å². The van der Waals surface area contributed by atoms with Crippen molar-refractivity contribution in [2.45, 2.75) is 71.8 Å². The molecule has 1 saturated heterocycles. The molecule has 2 aliphatic rings. The van der Waals surface area contributed by atoms with Gasteiger partial charge in [-0.25, -0.2) is 14.8 Å². The zero-order valence-corrected chi connectivity index (χ0v) is 17.1. The topological polar surface area (TPSA) is 58.6 Å². The second kappa shape index (κ2) is 6.71. The van der Waals surface area contributed by atoms with Crippen LogP contribution in [0.3, 0.4) is 0 Å². The lowest BCUT2D eigenvalue weighted by atomic mass is 9.95. The van der Waals surface area contributed by atoms with Gasteiger partial charge in [-0.15, -0.1) is 0 Å². The molecule has 0 N–H and O–H groups in total. The van der Waals surface area contributed by atoms with E-state index >= 15 is 0 Å². The first kappa shape index (κ1) is 18.9. The van der Waals surface area contributed by atoms with Crippen molar-refractivity contribution in [1.82, 2.24) is 14.9 Å². The van der Waals surface area contributed by atoms with E-state index in [0.717, 1.165) is 44.0 Å². The highest BCUT2D eigenvalue weighted by Gasteiger charge is 2.30. The van der Waals surface area contributed by atoms with Crippen LogP contribution >= 0.6 is 0 Å². The lowest BCUT2D eigenvalue weighted by Gasteiger charge is -2.37. The molecule has 0 aromatic carbocycles. The number of aryl methyl sites for hydroxylation is 1. The molecule has 1 aliphatic heterocycles. The Morgan fingerprint density at radius 2 is 1.62 bits per heavy atom. The molecule has 1 aliphatic carbocycles. The van der Waals surface area contributed by atoms with Gasteiger partial charge < -0.3 is 14.5 Å². The standard InChI is InChI=1S/C20H32N4O2/c1-19(2,3)17-21-15-9-7-8-14(15)16(22-17)23-10-12-24(13-11-23)18(25)26-20(4,5)6/h7-13H2,1-6H3. The molecule has 0 bridgehead atoms. The highest BCUT2D eigenvalue weighted by Crippen LogP contribution is 2.32. The van der Waals surface area contributed by atoms with E-state index in [1.807, 2.05) is 20.8 Å². The lowest BCUT2D eigenvalue weighted by molar-refractivity contribution is 0.0240. The first-order chi connectivity index (χ1) is 12.0. The van der Waals surface area contributed by atoms with Crippen LogP contribution in [0.25, 0.3) is 0 Å². The van der Waals surface area contributed by atoms with Crippen molar-refractivity contribution < 1.29 is 9.53 Å². The summed E-state index contributed by atoms with van der Waals surface area (Å²) in [5.74, 6) is 2.00. The molecule has 0 spiro atoms. The second-order valence-corrected chi connectivity index (χ2v) is 9.35. The van der Waals surface area contributed by atoms with Crippen molar-refractivity contribution >= 4 is 11.9 Å². The first-order valence-electron chi connectivity index (χ1n) is 9.68. The minimum Gasteiger partial charge on any atom is -0.444 e. The number of hydrogen-bond donors (Lipinski definition) is 0. The molecule has 3 rings (SSSR count). The van der Waals surface area contributed by atoms with Gasteiger partial charge in [-0.1, -0.05) is 20.8 Å². The second-order valence-electron chi connectivity index (χ2n) is 9.35. The smallest absolute Gasteiger partial charge is 0.410 e. The van der Waals surface area contributed by atoms with Crippen molar-refractivity contribution in [2.24, 2.45) is 0 Å². The third-order valence-electron chi connectivity index (χ3n) is 4.81. The molecular weight excluding hydrogens is 328 g/mol. The van der Waals surface area contributed by atoms with Gasteiger partial charge in [0, 0.05) is 42.9 Å². The van der Waals surface area contributed by atoms with Crippen molar-refractivity contribution in [2.75, 3.05) is 31.1 Å². The molecule has 144 valence electrons. The number of ether oxygens (including phenoxy) is 1. The van der Waals surface area contributed by atoms with Crippen LogP contribution in [-0.2, 0) is 23.0 Å². The number of hydrogen-bond acceptors (Lipinski definition) is 5. The van der Waals surface area contributed by atoms with Gasteiger partial charge in [0.15, 0.2) is 0 Å². The molecule has 0 radical (unpaired) electrons. The van der Waals surface area contributed by atoms with Crippen LogP contribution in [0.4, 0.5) is 10.6 Å². The minimum absolute atomic E-state index is 0.0648. The van der Waals surface area contributed by atoms with Crippen LogP contribution in [0.2, 0.25) is 0 Å². The fourth-order valence-corrected chi connectivity index (χ4v) is 3.44. The summed E-state index contributed by atoms with van der Waals surface area (Å²) < 4.78 is 5.50. The number of anilines is 1. The van der Waals surface area contributed by atoms with Gasteiger partial charge in [-0.2, -0.15) is 0 Å². The first-order valence-corrected chi connectivity index (χ1v) is 9.68. The number of piperazine rings is 1. The zero-order chi connectivity index (χ0) is 19.1. The van der Waals surface area contributed by atoms with E-state index in [2.05, 4.69) is 25.7 Å². The zero-order valence-electron chi connectivity index (χ0n) is 17.1. The number of rotatable bonds is 1. The molecule has 0 saturated carbocycles. The molecule has 1 amide bonds. The third-order valence-corrected chi connectivity index (χ3v) is 4.81. The van der Waals surface area contributed by atoms with E-state index in [9.17, 15) is 4.79 Å². The number of fused-ring (bicyclic) bond motifs is 1. The van der Waals surface area contributed by atoms with Crippen LogP contribution in [-0.4, -0.2) is 52.7 Å². The lowest BCUT2D eigenvalue weighted by Crippen LogP contribution is -2.50. The Morgan fingerprint density at radius 3 is 2.19 bits per heavy atom. The van der Waals surface area contributed by atoms with Crippen molar-refractivity contribution in [3.63, 3.8) is 0 Å². The number of carbonyl (C=O) groups excluding carboxylic acids is 1. The molecule has 26 heavy (non-hydrogen) atoms. The predicted octanol–water partition coefficient (Wildman–Crippen LogP) is 3.32. The minimum atomic E-state index is -0.455. The van der Waals surface area contributed by atoms with Gasteiger partial charge in [0.25, 0.3) is 0 Å². The number of carbonyl (C=O) groups is 1. The van der Waals surface area contributed by atoms with Crippen LogP contribution in [0.15, 0.2) is 0 Å². The maximum absolute atomic E-state index is 12.3. The SMILES string of the molecule is CC(C)(C)OC(=O)N1CCN(c2nc(C(C)(C)C)nc3c2CCC3)CC1. The largest absolute Gasteiger partial charge is 0.444 e. The summed E-state index contributed by atoms with van der Waals surface area (Å²) in [7, 11) is 0. The maximum atomic E-state index is 12.3. The third kappa shape index (κ3) is 4.10. The van der Waals surface area contributed by atoms with Gasteiger partial charge in [0.05, 0.1) is 0 Å². The van der Waals surface area contributed by atoms with Crippen molar-refractivity contribution in [3.05, 3.63) is 17.1 Å². The fourth-order valence-electron chi connectivity index (χ4n) is 3.44. The average molecular weight is 361 g/mol. The summed E-state index contributed by atoms with van der Waals surface area (Å²) in [6, 6.07) is 0. The number of aromatic nitrogens is 2. The molecule has 6 nitrogen and oxygen atoms in total. The van der Waals surface area contributed by atoms with Gasteiger partial charge in [0.1, 0.15) is 17.2 Å². The van der Waals surface area contributed by atoms with Crippen molar-refractivity contribution in [3.8, 4) is 0 Å². The number of nitrogens with zero attached hydrogens (tertiary/aromatic N) is 4. The Labute approximate surface area is 156 Å². The number of amides is 1. The Kier molecular flexibility index (Phi) is 4.88. The monoisotopic (exact) mass is 360 g/mol. The van der Waals surface area contributed by atoms with E-state index in [1.54, 1.807) is 4.90 Å². The van der Waals surface area contributed by atoms with Crippen LogP contribution in [0.1, 0.15) is 65.0 Å². The summed E-state index contributed by atoms with van der Waals surface area (Å²) >= 11 is 0. The van der Waals surface area contributed by atoms with Gasteiger partial charge in [-0.05, 0) is 40.0 Å². The molecule has 0 unspecified atom stereocenters. The van der Waals surface area contributed by atoms with Gasteiger partial charge >= 0.3 is 6.09 Å². The van der Waals surface area contributed by atoms with E-state index in [0.29, 0.717) is 13.1 Å². The summed E-state index contributed by atoms with van der Waals surface area (Å²) in [6.45, 7) is 15.1. The Balaban J connectivity index is 1.76. The predicted molar refractivity (Wildman–Crippen MR) is 103 cm³/mol. The summed E-state index contributed by atoms with van der Waals surface area (Å²) in [6.07, 6.45) is 3.04. The van der Waals surface area contributed by atoms with E-state index in [4.69, 9.17) is 14.7 Å². The molecule has 1 aromatic heterocycles. The summed E-state index contributed by atoms with van der Waals surface area (Å²) in [5.41, 5.74) is 2.01. The molecule has 1 aromatic rings. The highest BCUT2D eigenvalue weighted by atomic mass is 16.6. The summed E-state index contributed by atoms with van der Waals surface area (Å²) in [5, 5.41) is 0. The Bertz CT molecular complexity index is 680. The fraction of sp³-hybridized carbons (Fsp3) is 0.750. The maximum Gasteiger partial charge on any atom is 0.410 e. The van der Waals surface area contributed by atoms with Crippen LogP contribution < -0.4 is 4.90 Å². The molecule has 1 fully saturated rings. The Morgan fingerprint density at radius 1 is 0.962 bits per heavy atom. The molecular formula is C20H32N4O2. The molecule has 6 heteroatoms. The van der Waals surface area contributed by atoms with E-state index < -0.39 is 5.60 Å². The Hall–Kier alpha value is -1.85. The van der Waals surface area contributed by atoms with Crippen LogP contribution in [0, 0.1) is 0 Å². The molecule has 2 heterocycles. The van der Waals surface area contributed by atoms with E-state index in [-0.39, 0.29) is 11.5 Å². The van der Waals surface area contributed by atoms with Gasteiger partial charge in [0.2, 0.25) is 0 Å².